The number of ether oxygens (including phenoxy) is 1. The molecule has 7 heteroatoms. The molecular weight excluding hydrogens is 331 g/mol. The summed E-state index contributed by atoms with van der Waals surface area (Å²) < 4.78 is 42.0. The van der Waals surface area contributed by atoms with Gasteiger partial charge in [0.2, 0.25) is 0 Å². The molecule has 1 aromatic heterocycles. The van der Waals surface area contributed by atoms with Crippen molar-refractivity contribution < 1.29 is 22.7 Å². The van der Waals surface area contributed by atoms with Crippen molar-refractivity contribution >= 4 is 17.6 Å². The fourth-order valence-electron chi connectivity index (χ4n) is 1.68. The number of pyridine rings is 1. The van der Waals surface area contributed by atoms with E-state index in [0.29, 0.717) is 11.3 Å². The molecule has 0 radical (unpaired) electrons. The predicted octanol–water partition coefficient (Wildman–Crippen LogP) is 5.23. The minimum atomic E-state index is -4.39. The minimum Gasteiger partial charge on any atom is -0.465 e. The number of alkyl halides is 3. The van der Waals surface area contributed by atoms with Crippen LogP contribution >= 0.6 is 11.6 Å². The summed E-state index contributed by atoms with van der Waals surface area (Å²) in [5.41, 5.74) is 0.168. The predicted molar refractivity (Wildman–Crippen MR) is 82.4 cm³/mol. The molecule has 124 valence electrons. The van der Waals surface area contributed by atoms with Crippen LogP contribution in [0.25, 0.3) is 11.3 Å². The first-order valence-electron chi connectivity index (χ1n) is 6.74. The molecule has 0 atom stereocenters. The van der Waals surface area contributed by atoms with Crippen molar-refractivity contribution in [3.63, 3.8) is 0 Å². The van der Waals surface area contributed by atoms with Crippen LogP contribution in [0.5, 0.6) is 0 Å². The molecule has 0 saturated carbocycles. The first-order valence-corrected chi connectivity index (χ1v) is 7.12. The van der Waals surface area contributed by atoms with Crippen LogP contribution < -0.4 is 0 Å². The molecule has 1 aromatic carbocycles. The third-order valence-corrected chi connectivity index (χ3v) is 3.08. The number of carbonyl (C=O) groups is 1. The molecule has 0 saturated heterocycles. The number of rotatable bonds is 2. The molecule has 0 bridgehead atoms. The van der Waals surface area contributed by atoms with E-state index in [9.17, 15) is 18.0 Å². The van der Waals surface area contributed by atoms with Gasteiger partial charge in [0.05, 0.1) is 29.0 Å². The van der Waals surface area contributed by atoms with Crippen molar-refractivity contribution in [3.8, 4) is 11.3 Å². The van der Waals surface area contributed by atoms with Gasteiger partial charge in [-0.3, -0.25) is 4.98 Å². The molecule has 2 rings (SSSR count). The number of hydrogen-bond acceptors (Lipinski definition) is 3. The second-order valence-corrected chi connectivity index (χ2v) is 4.52. The Balaban J connectivity index is 0.00000127. The third-order valence-electron chi connectivity index (χ3n) is 2.77. The lowest BCUT2D eigenvalue weighted by Gasteiger charge is -2.08. The first-order chi connectivity index (χ1) is 10.8. The first kappa shape index (κ1) is 19.0. The Hall–Kier alpha value is -2.08. The largest absolute Gasteiger partial charge is 0.465 e. The number of carbonyl (C=O) groups excluding carboxylic acids is 1. The summed E-state index contributed by atoms with van der Waals surface area (Å²) in [6.07, 6.45) is -3.17. The zero-order chi connectivity index (χ0) is 17.6. The van der Waals surface area contributed by atoms with E-state index in [1.54, 1.807) is 0 Å². The van der Waals surface area contributed by atoms with E-state index in [4.69, 9.17) is 11.6 Å². The zero-order valence-electron chi connectivity index (χ0n) is 12.7. The van der Waals surface area contributed by atoms with E-state index in [1.807, 2.05) is 13.8 Å². The Morgan fingerprint density at radius 1 is 1.17 bits per heavy atom. The second kappa shape index (κ2) is 7.97. The average molecular weight is 346 g/mol. The number of benzene rings is 1. The Labute approximate surface area is 137 Å². The number of hydrogen-bond donors (Lipinski definition) is 0. The third kappa shape index (κ3) is 4.69. The Kier molecular flexibility index (Phi) is 6.57. The van der Waals surface area contributed by atoms with Crippen LogP contribution in [0.2, 0.25) is 5.02 Å². The van der Waals surface area contributed by atoms with Crippen molar-refractivity contribution in [1.82, 2.24) is 4.98 Å². The Morgan fingerprint density at radius 3 is 2.17 bits per heavy atom. The maximum absolute atomic E-state index is 12.5. The van der Waals surface area contributed by atoms with Gasteiger partial charge in [0.25, 0.3) is 0 Å². The van der Waals surface area contributed by atoms with Crippen LogP contribution in [0.1, 0.15) is 29.8 Å². The van der Waals surface area contributed by atoms with Gasteiger partial charge in [-0.25, -0.2) is 4.79 Å². The van der Waals surface area contributed by atoms with Crippen LogP contribution in [0.3, 0.4) is 0 Å². The highest BCUT2D eigenvalue weighted by Crippen LogP contribution is 2.31. The van der Waals surface area contributed by atoms with Crippen LogP contribution in [-0.4, -0.2) is 18.1 Å². The SMILES string of the molecule is CC.COC(=O)c1cnc(-c2ccc(C(F)(F)F)cc2)cc1Cl. The summed E-state index contributed by atoms with van der Waals surface area (Å²) in [5, 5.41) is 0.117. The van der Waals surface area contributed by atoms with Gasteiger partial charge in [0.15, 0.2) is 0 Å². The van der Waals surface area contributed by atoms with E-state index in [0.717, 1.165) is 12.1 Å². The van der Waals surface area contributed by atoms with Gasteiger partial charge in [-0.2, -0.15) is 13.2 Å². The average Bonchev–Trinajstić information content (AvgIpc) is 2.55. The van der Waals surface area contributed by atoms with Crippen LogP contribution in [0.15, 0.2) is 36.5 Å². The van der Waals surface area contributed by atoms with Crippen molar-refractivity contribution in [2.45, 2.75) is 20.0 Å². The van der Waals surface area contributed by atoms with Crippen molar-refractivity contribution in [3.05, 3.63) is 52.7 Å². The van der Waals surface area contributed by atoms with Gasteiger partial charge in [-0.05, 0) is 18.2 Å². The van der Waals surface area contributed by atoms with E-state index in [2.05, 4.69) is 9.72 Å². The molecule has 1 heterocycles. The highest BCUT2D eigenvalue weighted by atomic mass is 35.5. The second-order valence-electron chi connectivity index (χ2n) is 4.12. The lowest BCUT2D eigenvalue weighted by Crippen LogP contribution is -2.04. The van der Waals surface area contributed by atoms with E-state index in [1.165, 1.54) is 31.5 Å². The maximum Gasteiger partial charge on any atom is 0.416 e. The summed E-state index contributed by atoms with van der Waals surface area (Å²) >= 11 is 5.94. The number of halogens is 4. The molecule has 0 spiro atoms. The molecular formula is C16H15ClF3NO2. The van der Waals surface area contributed by atoms with Gasteiger partial charge in [0, 0.05) is 11.8 Å². The molecule has 23 heavy (non-hydrogen) atoms. The molecule has 0 aliphatic heterocycles. The van der Waals surface area contributed by atoms with Gasteiger partial charge in [-0.1, -0.05) is 37.6 Å². The lowest BCUT2D eigenvalue weighted by molar-refractivity contribution is -0.137. The van der Waals surface area contributed by atoms with Gasteiger partial charge in [0.1, 0.15) is 0 Å². The normalized spacial score (nSPS) is 10.6. The van der Waals surface area contributed by atoms with Crippen molar-refractivity contribution in [2.24, 2.45) is 0 Å². The van der Waals surface area contributed by atoms with Gasteiger partial charge in [-0.15, -0.1) is 0 Å². The fourth-order valence-corrected chi connectivity index (χ4v) is 1.91. The molecule has 0 amide bonds. The number of methoxy groups -OCH3 is 1. The van der Waals surface area contributed by atoms with Crippen LogP contribution in [-0.2, 0) is 10.9 Å². The fraction of sp³-hybridized carbons (Fsp3) is 0.250. The Bertz CT molecular complexity index is 670. The summed E-state index contributed by atoms with van der Waals surface area (Å²) in [6.45, 7) is 4.00. The molecule has 0 unspecified atom stereocenters. The standard InChI is InChI=1S/C14H9ClF3NO2.C2H6/c1-21-13(20)10-7-19-12(6-11(10)15)8-2-4-9(5-3-8)14(16,17)18;1-2/h2-7H,1H3;1-2H3. The molecule has 3 nitrogen and oxygen atoms in total. The molecule has 0 fully saturated rings. The molecule has 0 N–H and O–H groups in total. The molecule has 2 aromatic rings. The van der Waals surface area contributed by atoms with Gasteiger partial charge < -0.3 is 4.74 Å². The van der Waals surface area contributed by atoms with Crippen LogP contribution in [0.4, 0.5) is 13.2 Å². The number of aromatic nitrogens is 1. The summed E-state index contributed by atoms with van der Waals surface area (Å²) in [5.74, 6) is -0.633. The summed E-state index contributed by atoms with van der Waals surface area (Å²) in [4.78, 5) is 15.4. The minimum absolute atomic E-state index is 0.0924. The molecule has 0 aliphatic carbocycles. The maximum atomic E-state index is 12.5. The number of nitrogens with zero attached hydrogens (tertiary/aromatic N) is 1. The van der Waals surface area contributed by atoms with E-state index >= 15 is 0 Å². The van der Waals surface area contributed by atoms with E-state index < -0.39 is 17.7 Å². The Morgan fingerprint density at radius 2 is 1.74 bits per heavy atom. The lowest BCUT2D eigenvalue weighted by atomic mass is 10.1. The van der Waals surface area contributed by atoms with Crippen LogP contribution in [0, 0.1) is 0 Å². The topological polar surface area (TPSA) is 39.2 Å². The number of esters is 1. The molecule has 0 aliphatic rings. The highest BCUT2D eigenvalue weighted by molar-refractivity contribution is 6.33. The smallest absolute Gasteiger partial charge is 0.416 e. The van der Waals surface area contributed by atoms with Crippen molar-refractivity contribution in [2.75, 3.05) is 7.11 Å². The highest BCUT2D eigenvalue weighted by Gasteiger charge is 2.30. The van der Waals surface area contributed by atoms with E-state index in [-0.39, 0.29) is 10.6 Å². The van der Waals surface area contributed by atoms with Crippen molar-refractivity contribution in [1.29, 1.82) is 0 Å². The monoisotopic (exact) mass is 345 g/mol. The summed E-state index contributed by atoms with van der Waals surface area (Å²) in [7, 11) is 1.21. The summed E-state index contributed by atoms with van der Waals surface area (Å²) in [6, 6.07) is 5.90. The zero-order valence-corrected chi connectivity index (χ0v) is 13.5. The quantitative estimate of drug-likeness (QED) is 0.699. The van der Waals surface area contributed by atoms with Gasteiger partial charge >= 0.3 is 12.1 Å².